The number of hydrogen-bond donors (Lipinski definition) is 3. The van der Waals surface area contributed by atoms with E-state index in [1.54, 1.807) is 19.1 Å². The first-order valence-corrected chi connectivity index (χ1v) is 8.37. The van der Waals surface area contributed by atoms with Crippen molar-refractivity contribution < 1.29 is 28.2 Å². The largest absolute Gasteiger partial charge is 0.394 e. The van der Waals surface area contributed by atoms with E-state index in [0.29, 0.717) is 12.0 Å². The topological polar surface area (TPSA) is 87.7 Å². The molecule has 3 atom stereocenters. The molecule has 26 heavy (non-hydrogen) atoms. The molecule has 0 radical (unpaired) electrons. The van der Waals surface area contributed by atoms with E-state index in [0.717, 1.165) is 18.2 Å². The average Bonchev–Trinajstić information content (AvgIpc) is 2.60. The van der Waals surface area contributed by atoms with Crippen molar-refractivity contribution in [2.75, 3.05) is 6.61 Å². The summed E-state index contributed by atoms with van der Waals surface area (Å²) in [5, 5.41) is 14.7. The molecule has 0 unspecified atom stereocenters. The van der Waals surface area contributed by atoms with Crippen LogP contribution in [0.1, 0.15) is 25.3 Å². The maximum Gasteiger partial charge on any atom is 0.223 e. The van der Waals surface area contributed by atoms with Gasteiger partial charge in [-0.1, -0.05) is 19.1 Å². The van der Waals surface area contributed by atoms with Gasteiger partial charge in [-0.3, -0.25) is 9.59 Å². The Labute approximate surface area is 150 Å². The Bertz CT molecular complexity index is 661. The smallest absolute Gasteiger partial charge is 0.223 e. The third-order valence-corrected chi connectivity index (χ3v) is 3.91. The van der Waals surface area contributed by atoms with Crippen LogP contribution in [0.3, 0.4) is 0 Å². The Morgan fingerprint density at radius 2 is 1.85 bits per heavy atom. The van der Waals surface area contributed by atoms with Crippen LogP contribution in [0.2, 0.25) is 0 Å². The van der Waals surface area contributed by atoms with Gasteiger partial charge < -0.3 is 20.5 Å². The summed E-state index contributed by atoms with van der Waals surface area (Å²) in [6.07, 6.45) is 2.43. The molecule has 0 saturated carbocycles. The molecule has 0 bridgehead atoms. The van der Waals surface area contributed by atoms with E-state index in [9.17, 15) is 23.5 Å². The van der Waals surface area contributed by atoms with Gasteiger partial charge in [-0.2, -0.15) is 0 Å². The molecule has 1 aromatic carbocycles. The van der Waals surface area contributed by atoms with E-state index in [1.165, 1.54) is 0 Å². The van der Waals surface area contributed by atoms with Crippen LogP contribution in [0.25, 0.3) is 0 Å². The first-order chi connectivity index (χ1) is 12.4. The lowest BCUT2D eigenvalue weighted by molar-refractivity contribution is -0.128. The number of halogens is 2. The third kappa shape index (κ3) is 5.89. The highest BCUT2D eigenvalue weighted by Crippen LogP contribution is 2.16. The molecule has 1 aliphatic rings. The van der Waals surface area contributed by atoms with Crippen molar-refractivity contribution in [3.05, 3.63) is 47.5 Å². The fourth-order valence-corrected chi connectivity index (χ4v) is 2.59. The van der Waals surface area contributed by atoms with Crippen molar-refractivity contribution in [3.8, 4) is 0 Å². The van der Waals surface area contributed by atoms with Crippen LogP contribution in [0.15, 0.2) is 30.4 Å². The SMILES string of the molecule is CCC(=O)N[C@@H]1C=C[C@@H](CC(=O)NCc2cc(F)cc(F)c2)O[C@H]1CO. The maximum atomic E-state index is 13.1. The van der Waals surface area contributed by atoms with Crippen molar-refractivity contribution in [2.45, 2.75) is 44.6 Å². The van der Waals surface area contributed by atoms with Gasteiger partial charge in [0.2, 0.25) is 11.8 Å². The summed E-state index contributed by atoms with van der Waals surface area (Å²) in [6, 6.07) is 2.59. The first-order valence-electron chi connectivity index (χ1n) is 8.37. The van der Waals surface area contributed by atoms with Gasteiger partial charge in [0.25, 0.3) is 0 Å². The van der Waals surface area contributed by atoms with Crippen LogP contribution in [-0.2, 0) is 20.9 Å². The summed E-state index contributed by atoms with van der Waals surface area (Å²) in [4.78, 5) is 23.5. The van der Waals surface area contributed by atoms with E-state index in [1.807, 2.05) is 0 Å². The number of ether oxygens (including phenoxy) is 1. The summed E-state index contributed by atoms with van der Waals surface area (Å²) in [5.74, 6) is -1.95. The van der Waals surface area contributed by atoms with Crippen LogP contribution >= 0.6 is 0 Å². The second kappa shape index (κ2) is 9.40. The Balaban J connectivity index is 1.86. The molecule has 2 rings (SSSR count). The summed E-state index contributed by atoms with van der Waals surface area (Å²) in [6.45, 7) is 1.40. The highest BCUT2D eigenvalue weighted by Gasteiger charge is 2.28. The van der Waals surface area contributed by atoms with E-state index < -0.39 is 29.9 Å². The molecule has 3 N–H and O–H groups in total. The number of aliphatic hydroxyl groups is 1. The fourth-order valence-electron chi connectivity index (χ4n) is 2.59. The van der Waals surface area contributed by atoms with Crippen LogP contribution < -0.4 is 10.6 Å². The predicted octanol–water partition coefficient (Wildman–Crippen LogP) is 1.18. The van der Waals surface area contributed by atoms with Gasteiger partial charge in [-0.05, 0) is 17.7 Å². The lowest BCUT2D eigenvalue weighted by atomic mass is 10.0. The zero-order valence-corrected chi connectivity index (χ0v) is 14.4. The monoisotopic (exact) mass is 368 g/mol. The van der Waals surface area contributed by atoms with Crippen molar-refractivity contribution in [3.63, 3.8) is 0 Å². The van der Waals surface area contributed by atoms with Gasteiger partial charge in [0.1, 0.15) is 17.7 Å². The van der Waals surface area contributed by atoms with E-state index in [2.05, 4.69) is 10.6 Å². The van der Waals surface area contributed by atoms with Crippen LogP contribution in [0.4, 0.5) is 8.78 Å². The normalized spacial score (nSPS) is 22.1. The molecule has 0 aromatic heterocycles. The molecule has 2 amide bonds. The molecule has 1 aromatic rings. The maximum absolute atomic E-state index is 13.1. The van der Waals surface area contributed by atoms with Crippen LogP contribution in [0, 0.1) is 11.6 Å². The molecule has 142 valence electrons. The molecule has 1 aliphatic heterocycles. The summed E-state index contributed by atoms with van der Waals surface area (Å²) in [5.41, 5.74) is 0.312. The Morgan fingerprint density at radius 1 is 1.15 bits per heavy atom. The molecule has 0 fully saturated rings. The minimum Gasteiger partial charge on any atom is -0.394 e. The lowest BCUT2D eigenvalue weighted by Crippen LogP contribution is -2.48. The summed E-state index contributed by atoms with van der Waals surface area (Å²) in [7, 11) is 0. The fraction of sp³-hybridized carbons (Fsp3) is 0.444. The van der Waals surface area contributed by atoms with E-state index in [4.69, 9.17) is 4.74 Å². The number of carbonyl (C=O) groups is 2. The average molecular weight is 368 g/mol. The van der Waals surface area contributed by atoms with Crippen LogP contribution in [0.5, 0.6) is 0 Å². The number of amides is 2. The Kier molecular flexibility index (Phi) is 7.23. The lowest BCUT2D eigenvalue weighted by Gasteiger charge is -2.31. The Morgan fingerprint density at radius 3 is 2.46 bits per heavy atom. The van der Waals surface area contributed by atoms with Crippen molar-refractivity contribution in [1.82, 2.24) is 10.6 Å². The molecule has 1 heterocycles. The van der Waals surface area contributed by atoms with Gasteiger partial charge in [0.05, 0.1) is 25.2 Å². The first kappa shape index (κ1) is 20.0. The molecular formula is C18H22F2N2O4. The number of benzene rings is 1. The molecule has 0 saturated heterocycles. The standard InChI is InChI=1S/C18H22F2N2O4/c1-2-17(24)22-15-4-3-14(26-16(15)10-23)8-18(25)21-9-11-5-12(19)7-13(20)6-11/h3-7,14-16,23H,2,8-10H2,1H3,(H,21,25)(H,22,24)/t14-,15+,16-/m0/s1. The summed E-state index contributed by atoms with van der Waals surface area (Å²) >= 11 is 0. The van der Waals surface area contributed by atoms with Gasteiger partial charge >= 0.3 is 0 Å². The molecule has 0 spiro atoms. The highest BCUT2D eigenvalue weighted by molar-refractivity contribution is 5.77. The quantitative estimate of drug-likeness (QED) is 0.631. The van der Waals surface area contributed by atoms with Gasteiger partial charge in [-0.25, -0.2) is 8.78 Å². The number of aliphatic hydroxyl groups excluding tert-OH is 1. The van der Waals surface area contributed by atoms with Crippen molar-refractivity contribution in [1.29, 1.82) is 0 Å². The second-order valence-corrected chi connectivity index (χ2v) is 5.99. The zero-order valence-electron chi connectivity index (χ0n) is 14.4. The molecule has 8 heteroatoms. The van der Waals surface area contributed by atoms with Gasteiger partial charge in [0.15, 0.2) is 0 Å². The second-order valence-electron chi connectivity index (χ2n) is 5.99. The minimum absolute atomic E-state index is 0.0114. The van der Waals surface area contributed by atoms with Gasteiger partial charge in [-0.15, -0.1) is 0 Å². The van der Waals surface area contributed by atoms with Crippen molar-refractivity contribution >= 4 is 11.8 Å². The number of nitrogens with one attached hydrogen (secondary N) is 2. The molecule has 0 aliphatic carbocycles. The van der Waals surface area contributed by atoms with E-state index >= 15 is 0 Å². The number of hydrogen-bond acceptors (Lipinski definition) is 4. The highest BCUT2D eigenvalue weighted by atomic mass is 19.1. The van der Waals surface area contributed by atoms with Crippen molar-refractivity contribution in [2.24, 2.45) is 0 Å². The third-order valence-electron chi connectivity index (χ3n) is 3.91. The van der Waals surface area contributed by atoms with E-state index in [-0.39, 0.29) is 31.4 Å². The number of carbonyl (C=O) groups excluding carboxylic acids is 2. The molecule has 6 nitrogen and oxygen atoms in total. The minimum atomic E-state index is -0.709. The predicted molar refractivity (Wildman–Crippen MR) is 89.9 cm³/mol. The van der Waals surface area contributed by atoms with Gasteiger partial charge in [0, 0.05) is 19.0 Å². The Hall–Kier alpha value is -2.32. The zero-order chi connectivity index (χ0) is 19.1. The summed E-state index contributed by atoms with van der Waals surface area (Å²) < 4.78 is 31.9. The number of rotatable bonds is 7. The molecular weight excluding hydrogens is 346 g/mol. The van der Waals surface area contributed by atoms with Crippen LogP contribution in [-0.4, -0.2) is 41.8 Å².